The maximum atomic E-state index is 10.9. The summed E-state index contributed by atoms with van der Waals surface area (Å²) in [4.78, 5) is 24.2. The molecule has 1 aromatic rings. The Hall–Kier alpha value is -2.15. The first-order valence-electron chi connectivity index (χ1n) is 3.82. The summed E-state index contributed by atoms with van der Waals surface area (Å²) in [6.07, 6.45) is 1.12. The van der Waals surface area contributed by atoms with E-state index in [0.29, 0.717) is 0 Å². The van der Waals surface area contributed by atoms with Crippen molar-refractivity contribution in [2.24, 2.45) is 0 Å². The molecule has 0 radical (unpaired) electrons. The standard InChI is InChI=1S/C8H5ClN2O5/c1-4(12)8(13)16-5-2-3-10-7(9)6(5)11(14)15/h2-3,12H,1H2. The lowest BCUT2D eigenvalue weighted by molar-refractivity contribution is -0.385. The van der Waals surface area contributed by atoms with E-state index in [9.17, 15) is 14.9 Å². The number of rotatable bonds is 3. The third kappa shape index (κ3) is 2.45. The fourth-order valence-electron chi connectivity index (χ4n) is 0.819. The number of aromatic nitrogens is 1. The van der Waals surface area contributed by atoms with Crippen LogP contribution in [0.2, 0.25) is 5.15 Å². The van der Waals surface area contributed by atoms with Crippen molar-refractivity contribution >= 4 is 23.3 Å². The number of esters is 1. The predicted molar refractivity (Wildman–Crippen MR) is 53.3 cm³/mol. The number of nitro groups is 1. The van der Waals surface area contributed by atoms with Crippen LogP contribution < -0.4 is 4.74 Å². The minimum absolute atomic E-state index is 0.412. The number of hydrogen-bond donors (Lipinski definition) is 1. The van der Waals surface area contributed by atoms with Gasteiger partial charge in [-0.1, -0.05) is 11.6 Å². The van der Waals surface area contributed by atoms with Gasteiger partial charge in [0.15, 0.2) is 5.76 Å². The van der Waals surface area contributed by atoms with Gasteiger partial charge < -0.3 is 9.84 Å². The number of aliphatic hydroxyl groups excluding tert-OH is 1. The van der Waals surface area contributed by atoms with E-state index in [2.05, 4.69) is 16.3 Å². The van der Waals surface area contributed by atoms with Crippen LogP contribution in [0.3, 0.4) is 0 Å². The first-order chi connectivity index (χ1) is 7.43. The van der Waals surface area contributed by atoms with E-state index < -0.39 is 33.2 Å². The zero-order valence-electron chi connectivity index (χ0n) is 7.71. The molecule has 0 unspecified atom stereocenters. The molecule has 0 bridgehead atoms. The molecular formula is C8H5ClN2O5. The lowest BCUT2D eigenvalue weighted by Gasteiger charge is -2.03. The smallest absolute Gasteiger partial charge is 0.378 e. The molecule has 84 valence electrons. The number of hydrogen-bond acceptors (Lipinski definition) is 6. The van der Waals surface area contributed by atoms with E-state index in [4.69, 9.17) is 16.7 Å². The molecule has 7 nitrogen and oxygen atoms in total. The molecule has 0 saturated carbocycles. The fourth-order valence-corrected chi connectivity index (χ4v) is 1.04. The Morgan fingerprint density at radius 1 is 1.69 bits per heavy atom. The molecule has 0 aliphatic rings. The summed E-state index contributed by atoms with van der Waals surface area (Å²) >= 11 is 5.46. The highest BCUT2D eigenvalue weighted by atomic mass is 35.5. The van der Waals surface area contributed by atoms with Gasteiger partial charge in [-0.3, -0.25) is 10.1 Å². The van der Waals surface area contributed by atoms with Crippen LogP contribution in [-0.4, -0.2) is 21.0 Å². The topological polar surface area (TPSA) is 103 Å². The maximum Gasteiger partial charge on any atom is 0.378 e. The third-order valence-corrected chi connectivity index (χ3v) is 1.74. The summed E-state index contributed by atoms with van der Waals surface area (Å²) in [7, 11) is 0. The van der Waals surface area contributed by atoms with Crippen LogP contribution in [0.5, 0.6) is 5.75 Å². The van der Waals surface area contributed by atoms with Crippen molar-refractivity contribution in [2.45, 2.75) is 0 Å². The Morgan fingerprint density at radius 2 is 2.31 bits per heavy atom. The molecule has 1 rings (SSSR count). The Balaban J connectivity index is 3.14. The molecule has 0 fully saturated rings. The summed E-state index contributed by atoms with van der Waals surface area (Å²) in [6.45, 7) is 2.91. The van der Waals surface area contributed by atoms with Gasteiger partial charge in [-0.25, -0.2) is 9.78 Å². The van der Waals surface area contributed by atoms with Gasteiger partial charge in [-0.15, -0.1) is 0 Å². The van der Waals surface area contributed by atoms with Gasteiger partial charge in [0.25, 0.3) is 0 Å². The lowest BCUT2D eigenvalue weighted by Crippen LogP contribution is -2.11. The molecule has 0 amide bonds. The molecule has 1 heterocycles. The normalized spacial score (nSPS) is 9.56. The number of pyridine rings is 1. The average molecular weight is 245 g/mol. The molecule has 0 spiro atoms. The maximum absolute atomic E-state index is 10.9. The van der Waals surface area contributed by atoms with Gasteiger partial charge in [0, 0.05) is 12.3 Å². The fraction of sp³-hybridized carbons (Fsp3) is 0. The number of ether oxygens (including phenoxy) is 1. The van der Waals surface area contributed by atoms with Crippen molar-refractivity contribution in [3.05, 3.63) is 39.9 Å². The number of carbonyl (C=O) groups excluding carboxylic acids is 1. The number of carbonyl (C=O) groups is 1. The van der Waals surface area contributed by atoms with Gasteiger partial charge in [0.2, 0.25) is 10.9 Å². The number of halogens is 1. The molecule has 1 aromatic heterocycles. The largest absolute Gasteiger partial charge is 0.502 e. The van der Waals surface area contributed by atoms with E-state index in [-0.39, 0.29) is 0 Å². The molecule has 1 N–H and O–H groups in total. The summed E-state index contributed by atoms with van der Waals surface area (Å²) in [6, 6.07) is 1.07. The first kappa shape index (κ1) is 11.9. The Morgan fingerprint density at radius 3 is 2.81 bits per heavy atom. The summed E-state index contributed by atoms with van der Waals surface area (Å²) in [5.41, 5.74) is -0.654. The molecular weight excluding hydrogens is 240 g/mol. The lowest BCUT2D eigenvalue weighted by atomic mass is 10.4. The first-order valence-corrected chi connectivity index (χ1v) is 4.20. The van der Waals surface area contributed by atoms with Crippen LogP contribution in [0, 0.1) is 10.1 Å². The second kappa shape index (κ2) is 4.58. The minimum Gasteiger partial charge on any atom is -0.502 e. The Bertz CT molecular complexity index is 473. The van der Waals surface area contributed by atoms with E-state index in [1.807, 2.05) is 0 Å². The second-order valence-corrected chi connectivity index (χ2v) is 2.90. The van der Waals surface area contributed by atoms with Crippen LogP contribution in [-0.2, 0) is 4.79 Å². The van der Waals surface area contributed by atoms with E-state index in [1.54, 1.807) is 0 Å². The minimum atomic E-state index is -1.20. The summed E-state index contributed by atoms with van der Waals surface area (Å²) in [5, 5.41) is 18.9. The van der Waals surface area contributed by atoms with Crippen LogP contribution in [0.1, 0.15) is 0 Å². The predicted octanol–water partition coefficient (Wildman–Crippen LogP) is 1.62. The van der Waals surface area contributed by atoms with E-state index in [1.165, 1.54) is 0 Å². The molecule has 0 saturated heterocycles. The van der Waals surface area contributed by atoms with Crippen LogP contribution in [0.15, 0.2) is 24.6 Å². The summed E-state index contributed by atoms with van der Waals surface area (Å²) in [5.74, 6) is -2.49. The highest BCUT2D eigenvalue weighted by Gasteiger charge is 2.23. The van der Waals surface area contributed by atoms with Crippen molar-refractivity contribution in [1.29, 1.82) is 0 Å². The summed E-state index contributed by atoms with van der Waals surface area (Å²) < 4.78 is 4.49. The van der Waals surface area contributed by atoms with E-state index in [0.717, 1.165) is 12.3 Å². The van der Waals surface area contributed by atoms with Crippen molar-refractivity contribution in [1.82, 2.24) is 4.98 Å². The van der Waals surface area contributed by atoms with Crippen molar-refractivity contribution in [3.63, 3.8) is 0 Å². The quantitative estimate of drug-likeness (QED) is 0.216. The molecule has 16 heavy (non-hydrogen) atoms. The molecule has 0 aromatic carbocycles. The Kier molecular flexibility index (Phi) is 3.41. The number of nitrogens with zero attached hydrogens (tertiary/aromatic N) is 2. The molecule has 0 aliphatic carbocycles. The average Bonchev–Trinajstić information content (AvgIpc) is 2.16. The zero-order chi connectivity index (χ0) is 12.3. The molecule has 0 atom stereocenters. The van der Waals surface area contributed by atoms with Gasteiger partial charge in [0.1, 0.15) is 0 Å². The molecule has 0 aliphatic heterocycles. The number of aliphatic hydroxyl groups is 1. The highest BCUT2D eigenvalue weighted by molar-refractivity contribution is 6.31. The van der Waals surface area contributed by atoms with Crippen LogP contribution in [0.25, 0.3) is 0 Å². The van der Waals surface area contributed by atoms with Crippen molar-refractivity contribution in [3.8, 4) is 5.75 Å². The van der Waals surface area contributed by atoms with Crippen LogP contribution >= 0.6 is 11.6 Å². The van der Waals surface area contributed by atoms with Gasteiger partial charge in [-0.05, 0) is 6.58 Å². The SMILES string of the molecule is C=C(O)C(=O)Oc1ccnc(Cl)c1[N+](=O)[O-]. The van der Waals surface area contributed by atoms with Crippen molar-refractivity contribution in [2.75, 3.05) is 0 Å². The zero-order valence-corrected chi connectivity index (χ0v) is 8.47. The van der Waals surface area contributed by atoms with Gasteiger partial charge >= 0.3 is 11.7 Å². The van der Waals surface area contributed by atoms with Crippen LogP contribution in [0.4, 0.5) is 5.69 Å². The van der Waals surface area contributed by atoms with Gasteiger partial charge in [0.05, 0.1) is 4.92 Å². The monoisotopic (exact) mass is 244 g/mol. The third-order valence-electron chi connectivity index (χ3n) is 1.46. The van der Waals surface area contributed by atoms with Crippen molar-refractivity contribution < 1.29 is 19.6 Å². The Labute approximate surface area is 94.1 Å². The van der Waals surface area contributed by atoms with Gasteiger partial charge in [-0.2, -0.15) is 0 Å². The van der Waals surface area contributed by atoms with E-state index >= 15 is 0 Å². The second-order valence-electron chi connectivity index (χ2n) is 2.54. The molecule has 8 heteroatoms. The highest BCUT2D eigenvalue weighted by Crippen LogP contribution is 2.32.